The van der Waals surface area contributed by atoms with Gasteiger partial charge < -0.3 is 15.6 Å². The first-order valence-electron chi connectivity index (χ1n) is 8.67. The number of pyridine rings is 1. The van der Waals surface area contributed by atoms with Crippen molar-refractivity contribution in [3.8, 4) is 22.8 Å². The molecule has 1 aromatic heterocycles. The number of benzene rings is 2. The molecule has 29 heavy (non-hydrogen) atoms. The zero-order chi connectivity index (χ0) is 21.0. The summed E-state index contributed by atoms with van der Waals surface area (Å²) in [6.45, 7) is 0. The number of carbonyl (C=O) groups is 1. The molecule has 3 rings (SSSR count). The Balaban J connectivity index is 1.99. The second-order valence-corrected chi connectivity index (χ2v) is 6.84. The first-order valence-corrected chi connectivity index (χ1v) is 9.05. The van der Waals surface area contributed by atoms with Crippen molar-refractivity contribution in [1.29, 1.82) is 0 Å². The molecule has 0 aliphatic carbocycles. The van der Waals surface area contributed by atoms with E-state index in [2.05, 4.69) is 4.98 Å². The quantitative estimate of drug-likeness (QED) is 0.574. The van der Waals surface area contributed by atoms with E-state index in [4.69, 9.17) is 27.2 Å². The highest BCUT2D eigenvalue weighted by Crippen LogP contribution is 2.32. The van der Waals surface area contributed by atoms with E-state index in [1.807, 2.05) is 0 Å². The Labute approximate surface area is 170 Å². The maximum atomic E-state index is 14.2. The molecular weight excluding hydrogens is 402 g/mol. The molecule has 5 nitrogen and oxygen atoms in total. The Morgan fingerprint density at radius 1 is 1.17 bits per heavy atom. The Hall–Kier alpha value is -3.03. The van der Waals surface area contributed by atoms with Crippen LogP contribution in [0.15, 0.2) is 54.7 Å². The number of nitrogens with two attached hydrogens (primary N) is 1. The van der Waals surface area contributed by atoms with E-state index in [1.54, 1.807) is 36.4 Å². The number of hydrogen-bond acceptors (Lipinski definition) is 4. The van der Waals surface area contributed by atoms with Crippen LogP contribution in [0.1, 0.15) is 12.0 Å². The summed E-state index contributed by atoms with van der Waals surface area (Å²) in [4.78, 5) is 14.8. The molecule has 0 aliphatic heterocycles. The molecule has 0 saturated heterocycles. The molecule has 0 radical (unpaired) electrons. The van der Waals surface area contributed by atoms with Gasteiger partial charge in [0.25, 0.3) is 5.88 Å². The molecule has 1 unspecified atom stereocenters. The molecule has 3 N–H and O–H groups in total. The predicted octanol–water partition coefficient (Wildman–Crippen LogP) is 4.82. The molecular formula is C21H17ClF2N2O3. The number of aromatic nitrogens is 1. The summed E-state index contributed by atoms with van der Waals surface area (Å²) in [6.07, 6.45) is 1.10. The summed E-state index contributed by atoms with van der Waals surface area (Å²) < 4.78 is 33.8. The third-order valence-corrected chi connectivity index (χ3v) is 4.35. The molecule has 0 spiro atoms. The van der Waals surface area contributed by atoms with E-state index in [9.17, 15) is 13.6 Å². The van der Waals surface area contributed by atoms with Crippen LogP contribution in [0.2, 0.25) is 5.02 Å². The van der Waals surface area contributed by atoms with Gasteiger partial charge in [-0.25, -0.2) is 13.8 Å². The number of nitrogens with zero attached hydrogens (tertiary/aromatic N) is 1. The van der Waals surface area contributed by atoms with Crippen LogP contribution in [0.3, 0.4) is 0 Å². The molecule has 2 aromatic carbocycles. The van der Waals surface area contributed by atoms with Gasteiger partial charge in [-0.3, -0.25) is 4.79 Å². The minimum Gasteiger partial charge on any atom is -0.481 e. The van der Waals surface area contributed by atoms with Crippen molar-refractivity contribution in [2.45, 2.75) is 18.9 Å². The molecule has 0 fully saturated rings. The molecule has 0 amide bonds. The summed E-state index contributed by atoms with van der Waals surface area (Å²) in [6, 6.07) is 11.4. The Kier molecular flexibility index (Phi) is 6.41. The van der Waals surface area contributed by atoms with Crippen molar-refractivity contribution in [1.82, 2.24) is 4.98 Å². The van der Waals surface area contributed by atoms with Gasteiger partial charge in [0.1, 0.15) is 11.6 Å². The molecule has 3 aromatic rings. The predicted molar refractivity (Wildman–Crippen MR) is 105 cm³/mol. The van der Waals surface area contributed by atoms with E-state index >= 15 is 0 Å². The van der Waals surface area contributed by atoms with Crippen LogP contribution in [0, 0.1) is 11.6 Å². The third-order valence-electron chi connectivity index (χ3n) is 4.14. The number of rotatable bonds is 7. The van der Waals surface area contributed by atoms with Crippen molar-refractivity contribution in [3.05, 3.63) is 76.9 Å². The minimum absolute atomic E-state index is 0.119. The van der Waals surface area contributed by atoms with Gasteiger partial charge in [0.2, 0.25) is 0 Å². The van der Waals surface area contributed by atoms with Gasteiger partial charge in [-0.15, -0.1) is 0 Å². The van der Waals surface area contributed by atoms with Crippen molar-refractivity contribution in [3.63, 3.8) is 0 Å². The average Bonchev–Trinajstić information content (AvgIpc) is 2.65. The van der Waals surface area contributed by atoms with Gasteiger partial charge >= 0.3 is 5.97 Å². The normalized spacial score (nSPS) is 11.9. The van der Waals surface area contributed by atoms with E-state index in [1.165, 1.54) is 12.3 Å². The van der Waals surface area contributed by atoms with Crippen LogP contribution in [-0.4, -0.2) is 22.1 Å². The number of carboxylic acid groups (broad SMARTS) is 1. The molecule has 1 atom stereocenters. The standard InChI is InChI=1S/C21H17ClF2N2O3/c22-14-9-18(24)21(26-11-14)29-19-6-5-12(16-3-1-2-4-17(16)23)7-13(19)8-15(25)10-20(27)28/h1-7,9,11,15H,8,10,25H2,(H,27,28). The highest BCUT2D eigenvalue weighted by Gasteiger charge is 2.17. The molecule has 0 saturated carbocycles. The number of halogens is 3. The maximum Gasteiger partial charge on any atom is 0.304 e. The molecule has 0 bridgehead atoms. The van der Waals surface area contributed by atoms with Gasteiger partial charge in [-0.05, 0) is 41.8 Å². The summed E-state index contributed by atoms with van der Waals surface area (Å²) >= 11 is 5.71. The summed E-state index contributed by atoms with van der Waals surface area (Å²) in [5, 5.41) is 9.08. The second kappa shape index (κ2) is 8.98. The number of hydrogen-bond donors (Lipinski definition) is 2. The highest BCUT2D eigenvalue weighted by atomic mass is 35.5. The van der Waals surface area contributed by atoms with E-state index in [0.29, 0.717) is 16.7 Å². The monoisotopic (exact) mass is 418 g/mol. The highest BCUT2D eigenvalue weighted by molar-refractivity contribution is 6.30. The summed E-state index contributed by atoms with van der Waals surface area (Å²) in [5.41, 5.74) is 7.33. The average molecular weight is 419 g/mol. The number of aliphatic carboxylic acids is 1. The smallest absolute Gasteiger partial charge is 0.304 e. The Morgan fingerprint density at radius 3 is 2.62 bits per heavy atom. The van der Waals surface area contributed by atoms with Crippen LogP contribution in [-0.2, 0) is 11.2 Å². The summed E-state index contributed by atoms with van der Waals surface area (Å²) in [5.74, 6) is -2.26. The Bertz CT molecular complexity index is 1050. The van der Waals surface area contributed by atoms with Gasteiger partial charge in [0.05, 0.1) is 11.4 Å². The second-order valence-electron chi connectivity index (χ2n) is 6.41. The van der Waals surface area contributed by atoms with Gasteiger partial charge in [-0.2, -0.15) is 0 Å². The fourth-order valence-corrected chi connectivity index (χ4v) is 3.01. The fraction of sp³-hybridized carbons (Fsp3) is 0.143. The maximum absolute atomic E-state index is 14.2. The van der Waals surface area contributed by atoms with E-state index < -0.39 is 23.6 Å². The molecule has 8 heteroatoms. The summed E-state index contributed by atoms with van der Waals surface area (Å²) in [7, 11) is 0. The fourth-order valence-electron chi connectivity index (χ4n) is 2.86. The van der Waals surface area contributed by atoms with Crippen LogP contribution < -0.4 is 10.5 Å². The zero-order valence-corrected chi connectivity index (χ0v) is 15.9. The minimum atomic E-state index is -1.05. The lowest BCUT2D eigenvalue weighted by atomic mass is 9.97. The van der Waals surface area contributed by atoms with Gasteiger partial charge in [0.15, 0.2) is 5.82 Å². The lowest BCUT2D eigenvalue weighted by Gasteiger charge is -2.16. The molecule has 1 heterocycles. The van der Waals surface area contributed by atoms with Gasteiger partial charge in [0, 0.05) is 17.8 Å². The van der Waals surface area contributed by atoms with Crippen molar-refractivity contribution < 1.29 is 23.4 Å². The zero-order valence-electron chi connectivity index (χ0n) is 15.1. The van der Waals surface area contributed by atoms with E-state index in [0.717, 1.165) is 6.07 Å². The van der Waals surface area contributed by atoms with Crippen LogP contribution in [0.5, 0.6) is 11.6 Å². The van der Waals surface area contributed by atoms with Crippen molar-refractivity contribution >= 4 is 17.6 Å². The molecule has 0 aliphatic rings. The third kappa shape index (κ3) is 5.28. The lowest BCUT2D eigenvalue weighted by Crippen LogP contribution is -2.26. The van der Waals surface area contributed by atoms with Crippen molar-refractivity contribution in [2.24, 2.45) is 5.73 Å². The first-order chi connectivity index (χ1) is 13.8. The van der Waals surface area contributed by atoms with Crippen LogP contribution in [0.4, 0.5) is 8.78 Å². The van der Waals surface area contributed by atoms with Crippen LogP contribution in [0.25, 0.3) is 11.1 Å². The van der Waals surface area contributed by atoms with E-state index in [-0.39, 0.29) is 29.5 Å². The lowest BCUT2D eigenvalue weighted by molar-refractivity contribution is -0.137. The number of ether oxygens (including phenoxy) is 1. The largest absolute Gasteiger partial charge is 0.481 e. The topological polar surface area (TPSA) is 85.4 Å². The number of carboxylic acids is 1. The SMILES string of the molecule is NC(CC(=O)O)Cc1cc(-c2ccccc2F)ccc1Oc1ncc(Cl)cc1F. The first kappa shape index (κ1) is 20.7. The Morgan fingerprint density at radius 2 is 1.93 bits per heavy atom. The van der Waals surface area contributed by atoms with Crippen molar-refractivity contribution in [2.75, 3.05) is 0 Å². The van der Waals surface area contributed by atoms with Gasteiger partial charge in [-0.1, -0.05) is 35.9 Å². The van der Waals surface area contributed by atoms with Crippen LogP contribution >= 0.6 is 11.6 Å². The molecule has 150 valence electrons.